The second kappa shape index (κ2) is 4.68. The maximum atomic E-state index is 5.79. The van der Waals surface area contributed by atoms with Crippen molar-refractivity contribution >= 4 is 40.7 Å². The molecule has 90 valence electrons. The molecule has 0 rings (SSSR count). The monoisotopic (exact) mass is 273 g/mol. The van der Waals surface area contributed by atoms with Gasteiger partial charge in [0.05, 0.1) is 5.54 Å². The molecule has 5 heteroatoms. The Bertz CT molecular complexity index is 243. The van der Waals surface area contributed by atoms with Crippen molar-refractivity contribution < 1.29 is 4.74 Å². The zero-order valence-corrected chi connectivity index (χ0v) is 12.3. The third kappa shape index (κ3) is 8.18. The summed E-state index contributed by atoms with van der Waals surface area (Å²) in [5.41, 5.74) is -0.779. The molecule has 0 unspecified atom stereocenters. The minimum atomic E-state index is -1.62. The summed E-state index contributed by atoms with van der Waals surface area (Å²) in [6.07, 6.45) is 0. The Morgan fingerprint density at radius 3 is 1.53 bits per heavy atom. The van der Waals surface area contributed by atoms with Gasteiger partial charge in [-0.2, -0.15) is 0 Å². The van der Waals surface area contributed by atoms with Crippen molar-refractivity contribution in [3.8, 4) is 0 Å². The molecule has 0 atom stereocenters. The highest BCUT2D eigenvalue weighted by Crippen LogP contribution is 2.32. The molecule has 0 N–H and O–H groups in total. The summed E-state index contributed by atoms with van der Waals surface area (Å²) >= 11 is 17.4. The maximum absolute atomic E-state index is 5.79. The third-order valence-electron chi connectivity index (χ3n) is 1.08. The van der Waals surface area contributed by atoms with Gasteiger partial charge in [-0.1, -0.05) is 34.8 Å². The Hall–Kier alpha value is 0.340. The molecule has 0 aromatic carbocycles. The lowest BCUT2D eigenvalue weighted by Crippen LogP contribution is -2.34. The summed E-state index contributed by atoms with van der Waals surface area (Å²) in [6.45, 7) is 11.4. The molecule has 0 amide bonds. The first-order valence-electron chi connectivity index (χ1n) is 4.67. The van der Waals surface area contributed by atoms with Gasteiger partial charge in [0.2, 0.25) is 5.90 Å². The van der Waals surface area contributed by atoms with Crippen molar-refractivity contribution in [2.75, 3.05) is 0 Å². The molecule has 0 radical (unpaired) electrons. The van der Waals surface area contributed by atoms with Gasteiger partial charge in [0.1, 0.15) is 5.60 Å². The molecule has 15 heavy (non-hydrogen) atoms. The fourth-order valence-electron chi connectivity index (χ4n) is 0.739. The number of hydrogen-bond donors (Lipinski definition) is 0. The first-order valence-corrected chi connectivity index (χ1v) is 5.81. The van der Waals surface area contributed by atoms with Crippen LogP contribution in [0.15, 0.2) is 4.99 Å². The van der Waals surface area contributed by atoms with Crippen molar-refractivity contribution in [1.29, 1.82) is 0 Å². The van der Waals surface area contributed by atoms with Crippen LogP contribution in [-0.2, 0) is 4.74 Å². The summed E-state index contributed by atoms with van der Waals surface area (Å²) in [7, 11) is 0. The minimum absolute atomic E-state index is 0.132. The molecule has 0 aromatic rings. The second-order valence-corrected chi connectivity index (χ2v) is 7.58. The smallest absolute Gasteiger partial charge is 0.266 e. The molecule has 0 heterocycles. The molecule has 0 aromatic heterocycles. The lowest BCUT2D eigenvalue weighted by molar-refractivity contribution is 0.112. The Morgan fingerprint density at radius 1 is 0.933 bits per heavy atom. The zero-order chi connectivity index (χ0) is 12.5. The summed E-state index contributed by atoms with van der Waals surface area (Å²) in [4.78, 5) is 4.26. The van der Waals surface area contributed by atoms with Gasteiger partial charge in [-0.3, -0.25) is 0 Å². The highest BCUT2D eigenvalue weighted by Gasteiger charge is 2.34. The van der Waals surface area contributed by atoms with Crippen LogP contribution in [0, 0.1) is 0 Å². The lowest BCUT2D eigenvalue weighted by atomic mass is 10.1. The van der Waals surface area contributed by atoms with E-state index >= 15 is 0 Å². The number of nitrogens with zero attached hydrogens (tertiary/aromatic N) is 1. The molecule has 0 aliphatic heterocycles. The van der Waals surface area contributed by atoms with E-state index in [1.807, 2.05) is 41.5 Å². The van der Waals surface area contributed by atoms with Gasteiger partial charge in [-0.15, -0.1) is 0 Å². The van der Waals surface area contributed by atoms with Crippen LogP contribution in [0.1, 0.15) is 41.5 Å². The minimum Gasteiger partial charge on any atom is -0.472 e. The van der Waals surface area contributed by atoms with Crippen LogP contribution in [0.25, 0.3) is 0 Å². The molecule has 0 aliphatic rings. The molecule has 0 saturated heterocycles. The van der Waals surface area contributed by atoms with Crippen LogP contribution >= 0.6 is 34.8 Å². The molecule has 0 aliphatic carbocycles. The van der Waals surface area contributed by atoms with Gasteiger partial charge in [-0.25, -0.2) is 4.99 Å². The van der Waals surface area contributed by atoms with E-state index in [4.69, 9.17) is 39.5 Å². The highest BCUT2D eigenvalue weighted by atomic mass is 35.6. The molecule has 0 saturated carbocycles. The second-order valence-electron chi connectivity index (χ2n) is 5.30. The predicted octanol–water partition coefficient (Wildman–Crippen LogP) is 4.37. The fraction of sp³-hybridized carbons (Fsp3) is 0.900. The summed E-state index contributed by atoms with van der Waals surface area (Å²) in [5.74, 6) is 0.132. The summed E-state index contributed by atoms with van der Waals surface area (Å²) in [6, 6.07) is 0. The van der Waals surface area contributed by atoms with E-state index in [0.717, 1.165) is 0 Å². The topological polar surface area (TPSA) is 21.6 Å². The van der Waals surface area contributed by atoms with E-state index < -0.39 is 9.39 Å². The van der Waals surface area contributed by atoms with Gasteiger partial charge >= 0.3 is 0 Å². The quantitative estimate of drug-likeness (QED) is 0.365. The first-order chi connectivity index (χ1) is 6.31. The van der Waals surface area contributed by atoms with Crippen LogP contribution < -0.4 is 0 Å². The molecule has 0 fully saturated rings. The lowest BCUT2D eigenvalue weighted by Gasteiger charge is -2.28. The van der Waals surface area contributed by atoms with E-state index in [0.29, 0.717) is 0 Å². The predicted molar refractivity (Wildman–Crippen MR) is 68.3 cm³/mol. The van der Waals surface area contributed by atoms with E-state index in [9.17, 15) is 0 Å². The first kappa shape index (κ1) is 15.3. The van der Waals surface area contributed by atoms with Crippen molar-refractivity contribution in [1.82, 2.24) is 0 Å². The van der Waals surface area contributed by atoms with Crippen molar-refractivity contribution in [2.24, 2.45) is 4.99 Å². The van der Waals surface area contributed by atoms with Gasteiger partial charge in [0.25, 0.3) is 3.79 Å². The fourth-order valence-corrected chi connectivity index (χ4v) is 0.981. The van der Waals surface area contributed by atoms with Gasteiger partial charge in [0, 0.05) is 0 Å². The summed E-state index contributed by atoms with van der Waals surface area (Å²) in [5, 5.41) is 0. The van der Waals surface area contributed by atoms with Crippen molar-refractivity contribution in [3.05, 3.63) is 0 Å². The van der Waals surface area contributed by atoms with Crippen molar-refractivity contribution in [3.63, 3.8) is 0 Å². The molecule has 0 bridgehead atoms. The SMILES string of the molecule is CC(C)(C)N=C(OC(C)(C)C)C(Cl)(Cl)Cl. The zero-order valence-electron chi connectivity index (χ0n) is 9.99. The average Bonchev–Trinajstić information content (AvgIpc) is 1.75. The van der Waals surface area contributed by atoms with E-state index in [1.54, 1.807) is 0 Å². The normalized spacial score (nSPS) is 15.4. The Balaban J connectivity index is 5.02. The number of aliphatic imine (C=N–C) groups is 1. The van der Waals surface area contributed by atoms with Crippen LogP contribution in [0.4, 0.5) is 0 Å². The number of alkyl halides is 3. The highest BCUT2D eigenvalue weighted by molar-refractivity contribution is 6.76. The van der Waals surface area contributed by atoms with Crippen LogP contribution in [0.5, 0.6) is 0 Å². The standard InChI is InChI=1S/C10H18Cl3NO/c1-8(2,3)14-7(10(11,12)13)15-9(4,5)6/h1-6H3. The summed E-state index contributed by atoms with van der Waals surface area (Å²) < 4.78 is 3.91. The van der Waals surface area contributed by atoms with Crippen molar-refractivity contribution in [2.45, 2.75) is 56.5 Å². The molecule has 2 nitrogen and oxygen atoms in total. The van der Waals surface area contributed by atoms with Crippen LogP contribution in [-0.4, -0.2) is 20.8 Å². The number of halogens is 3. The van der Waals surface area contributed by atoms with Gasteiger partial charge < -0.3 is 4.74 Å². The van der Waals surface area contributed by atoms with Gasteiger partial charge in [-0.05, 0) is 41.5 Å². The maximum Gasteiger partial charge on any atom is 0.266 e. The number of rotatable bonds is 0. The Labute approximate surface area is 107 Å². The number of ether oxygens (including phenoxy) is 1. The Morgan fingerprint density at radius 2 is 1.33 bits per heavy atom. The van der Waals surface area contributed by atoms with Crippen LogP contribution in [0.3, 0.4) is 0 Å². The molecule has 0 spiro atoms. The largest absolute Gasteiger partial charge is 0.472 e. The third-order valence-corrected chi connectivity index (χ3v) is 1.57. The van der Waals surface area contributed by atoms with Crippen LogP contribution in [0.2, 0.25) is 0 Å². The number of hydrogen-bond acceptors (Lipinski definition) is 2. The Kier molecular flexibility index (Phi) is 4.79. The molecular weight excluding hydrogens is 256 g/mol. The van der Waals surface area contributed by atoms with E-state index in [2.05, 4.69) is 4.99 Å². The van der Waals surface area contributed by atoms with Gasteiger partial charge in [0.15, 0.2) is 0 Å². The molecular formula is C10H18Cl3NO. The van der Waals surface area contributed by atoms with E-state index in [-0.39, 0.29) is 11.4 Å². The average molecular weight is 275 g/mol. The van der Waals surface area contributed by atoms with E-state index in [1.165, 1.54) is 0 Å².